The minimum absolute atomic E-state index is 0.0768. The quantitative estimate of drug-likeness (QED) is 0.855. The summed E-state index contributed by atoms with van der Waals surface area (Å²) >= 11 is 0. The second-order valence-corrected chi connectivity index (χ2v) is 5.12. The van der Waals surface area contributed by atoms with Crippen molar-refractivity contribution in [1.29, 1.82) is 0 Å². The van der Waals surface area contributed by atoms with Crippen LogP contribution in [0.2, 0.25) is 0 Å². The van der Waals surface area contributed by atoms with E-state index in [1.54, 1.807) is 18.2 Å². The molecule has 98 valence electrons. The first kappa shape index (κ1) is 13.1. The summed E-state index contributed by atoms with van der Waals surface area (Å²) in [5.41, 5.74) is 7.52. The summed E-state index contributed by atoms with van der Waals surface area (Å²) in [7, 11) is 2.10. The molecule has 1 fully saturated rings. The van der Waals surface area contributed by atoms with Crippen LogP contribution < -0.4 is 5.73 Å². The molecule has 4 nitrogen and oxygen atoms in total. The fourth-order valence-electron chi connectivity index (χ4n) is 2.65. The SMILES string of the molecule is CN1CCCC(C(N)c2cccc(C(=O)O)c2)C1. The number of nitrogens with two attached hydrogens (primary N) is 1. The molecule has 1 aromatic rings. The zero-order valence-corrected chi connectivity index (χ0v) is 10.7. The van der Waals surface area contributed by atoms with Crippen LogP contribution in [0.25, 0.3) is 0 Å². The average Bonchev–Trinajstić information content (AvgIpc) is 2.38. The molecule has 0 spiro atoms. The summed E-state index contributed by atoms with van der Waals surface area (Å²) in [6.45, 7) is 2.11. The summed E-state index contributed by atoms with van der Waals surface area (Å²) in [6.07, 6.45) is 2.27. The monoisotopic (exact) mass is 248 g/mol. The Morgan fingerprint density at radius 2 is 2.33 bits per heavy atom. The van der Waals surface area contributed by atoms with Crippen molar-refractivity contribution in [2.45, 2.75) is 18.9 Å². The van der Waals surface area contributed by atoms with Gasteiger partial charge in [-0.25, -0.2) is 4.79 Å². The van der Waals surface area contributed by atoms with Crippen molar-refractivity contribution in [2.75, 3.05) is 20.1 Å². The second kappa shape index (κ2) is 5.50. The fourth-order valence-corrected chi connectivity index (χ4v) is 2.65. The van der Waals surface area contributed by atoms with Crippen molar-refractivity contribution in [1.82, 2.24) is 4.90 Å². The lowest BCUT2D eigenvalue weighted by atomic mass is 9.87. The maximum atomic E-state index is 11.0. The molecular weight excluding hydrogens is 228 g/mol. The largest absolute Gasteiger partial charge is 0.478 e. The second-order valence-electron chi connectivity index (χ2n) is 5.12. The van der Waals surface area contributed by atoms with Crippen LogP contribution in [0.3, 0.4) is 0 Å². The molecule has 0 radical (unpaired) electrons. The smallest absolute Gasteiger partial charge is 0.335 e. The van der Waals surface area contributed by atoms with E-state index in [-0.39, 0.29) is 6.04 Å². The number of carboxylic acid groups (broad SMARTS) is 1. The van der Waals surface area contributed by atoms with Gasteiger partial charge in [-0.15, -0.1) is 0 Å². The van der Waals surface area contributed by atoms with E-state index in [2.05, 4.69) is 11.9 Å². The van der Waals surface area contributed by atoms with Crippen LogP contribution in [-0.2, 0) is 0 Å². The first-order chi connectivity index (χ1) is 8.58. The van der Waals surface area contributed by atoms with Crippen LogP contribution in [0.5, 0.6) is 0 Å². The van der Waals surface area contributed by atoms with Gasteiger partial charge in [0.15, 0.2) is 0 Å². The normalized spacial score (nSPS) is 22.7. The third-order valence-corrected chi connectivity index (χ3v) is 3.69. The van der Waals surface area contributed by atoms with Gasteiger partial charge in [-0.3, -0.25) is 0 Å². The highest BCUT2D eigenvalue weighted by Crippen LogP contribution is 2.27. The number of carboxylic acids is 1. The lowest BCUT2D eigenvalue weighted by Crippen LogP contribution is -2.37. The maximum Gasteiger partial charge on any atom is 0.335 e. The Morgan fingerprint density at radius 3 is 3.00 bits per heavy atom. The molecule has 0 aliphatic carbocycles. The number of carbonyl (C=O) groups is 1. The molecule has 1 saturated heterocycles. The standard InChI is InChI=1S/C14H20N2O2/c1-16-7-3-6-12(9-16)13(15)10-4-2-5-11(8-10)14(17)18/h2,4-5,8,12-13H,3,6-7,9,15H2,1H3,(H,17,18). The van der Waals surface area contributed by atoms with E-state index in [1.165, 1.54) is 0 Å². The number of benzene rings is 1. The Morgan fingerprint density at radius 1 is 1.56 bits per heavy atom. The Kier molecular flexibility index (Phi) is 3.99. The van der Waals surface area contributed by atoms with Crippen molar-refractivity contribution < 1.29 is 9.90 Å². The number of piperidine rings is 1. The lowest BCUT2D eigenvalue weighted by Gasteiger charge is -2.33. The van der Waals surface area contributed by atoms with E-state index in [1.807, 2.05) is 6.07 Å². The minimum Gasteiger partial charge on any atom is -0.478 e. The molecule has 1 aliphatic rings. The molecule has 0 aromatic heterocycles. The van der Waals surface area contributed by atoms with Crippen LogP contribution in [0.1, 0.15) is 34.8 Å². The number of nitrogens with zero attached hydrogens (tertiary/aromatic N) is 1. The molecule has 4 heteroatoms. The number of aromatic carboxylic acids is 1. The number of rotatable bonds is 3. The molecular formula is C14H20N2O2. The summed E-state index contributed by atoms with van der Waals surface area (Å²) in [4.78, 5) is 13.2. The average molecular weight is 248 g/mol. The highest BCUT2D eigenvalue weighted by atomic mass is 16.4. The minimum atomic E-state index is -0.898. The highest BCUT2D eigenvalue weighted by Gasteiger charge is 2.24. The van der Waals surface area contributed by atoms with Gasteiger partial charge in [0, 0.05) is 12.6 Å². The number of hydrogen-bond acceptors (Lipinski definition) is 3. The molecule has 0 saturated carbocycles. The maximum absolute atomic E-state index is 11.0. The van der Waals surface area contributed by atoms with Gasteiger partial charge in [0.05, 0.1) is 5.56 Å². The molecule has 1 heterocycles. The number of hydrogen-bond donors (Lipinski definition) is 2. The third-order valence-electron chi connectivity index (χ3n) is 3.69. The molecule has 18 heavy (non-hydrogen) atoms. The summed E-state index contributed by atoms with van der Waals surface area (Å²) in [6, 6.07) is 6.91. The van der Waals surface area contributed by atoms with E-state index < -0.39 is 5.97 Å². The molecule has 2 rings (SSSR count). The van der Waals surface area contributed by atoms with Gasteiger partial charge < -0.3 is 15.7 Å². The zero-order chi connectivity index (χ0) is 13.1. The molecule has 2 unspecified atom stereocenters. The van der Waals surface area contributed by atoms with E-state index in [9.17, 15) is 4.79 Å². The van der Waals surface area contributed by atoms with E-state index in [0.29, 0.717) is 11.5 Å². The van der Waals surface area contributed by atoms with Gasteiger partial charge in [-0.1, -0.05) is 12.1 Å². The Labute approximate surface area is 107 Å². The summed E-state index contributed by atoms with van der Waals surface area (Å²) in [5, 5.41) is 8.99. The number of likely N-dealkylation sites (tertiary alicyclic amines) is 1. The first-order valence-electron chi connectivity index (χ1n) is 6.35. The predicted octanol–water partition coefficient (Wildman–Crippen LogP) is 1.73. The molecule has 2 atom stereocenters. The zero-order valence-electron chi connectivity index (χ0n) is 10.7. The molecule has 0 amide bonds. The van der Waals surface area contributed by atoms with Crippen LogP contribution in [0.15, 0.2) is 24.3 Å². The van der Waals surface area contributed by atoms with Gasteiger partial charge in [0.2, 0.25) is 0 Å². The van der Waals surface area contributed by atoms with Crippen molar-refractivity contribution in [2.24, 2.45) is 11.7 Å². The van der Waals surface area contributed by atoms with Crippen molar-refractivity contribution in [3.8, 4) is 0 Å². The topological polar surface area (TPSA) is 66.6 Å². The fraction of sp³-hybridized carbons (Fsp3) is 0.500. The highest BCUT2D eigenvalue weighted by molar-refractivity contribution is 5.87. The van der Waals surface area contributed by atoms with Gasteiger partial charge in [-0.2, -0.15) is 0 Å². The first-order valence-corrected chi connectivity index (χ1v) is 6.35. The van der Waals surface area contributed by atoms with E-state index in [4.69, 9.17) is 10.8 Å². The van der Waals surface area contributed by atoms with Gasteiger partial charge in [0.1, 0.15) is 0 Å². The van der Waals surface area contributed by atoms with E-state index >= 15 is 0 Å². The Bertz CT molecular complexity index is 434. The molecule has 0 bridgehead atoms. The summed E-state index contributed by atoms with van der Waals surface area (Å²) in [5.74, 6) is -0.488. The van der Waals surface area contributed by atoms with E-state index in [0.717, 1.165) is 31.5 Å². The van der Waals surface area contributed by atoms with Crippen LogP contribution >= 0.6 is 0 Å². The Hall–Kier alpha value is -1.39. The lowest BCUT2D eigenvalue weighted by molar-refractivity contribution is 0.0696. The van der Waals surface area contributed by atoms with Crippen LogP contribution in [-0.4, -0.2) is 36.1 Å². The summed E-state index contributed by atoms with van der Waals surface area (Å²) < 4.78 is 0. The van der Waals surface area contributed by atoms with Crippen LogP contribution in [0, 0.1) is 5.92 Å². The molecule has 3 N–H and O–H groups in total. The third kappa shape index (κ3) is 2.89. The van der Waals surface area contributed by atoms with Gasteiger partial charge >= 0.3 is 5.97 Å². The molecule has 1 aromatic carbocycles. The van der Waals surface area contributed by atoms with Crippen LogP contribution in [0.4, 0.5) is 0 Å². The predicted molar refractivity (Wildman–Crippen MR) is 70.6 cm³/mol. The molecule has 1 aliphatic heterocycles. The van der Waals surface area contributed by atoms with Crippen molar-refractivity contribution >= 4 is 5.97 Å². The Balaban J connectivity index is 2.14. The van der Waals surface area contributed by atoms with Crippen molar-refractivity contribution in [3.05, 3.63) is 35.4 Å². The van der Waals surface area contributed by atoms with Crippen molar-refractivity contribution in [3.63, 3.8) is 0 Å². The van der Waals surface area contributed by atoms with Gasteiger partial charge in [-0.05, 0) is 50.0 Å². The van der Waals surface area contributed by atoms with Gasteiger partial charge in [0.25, 0.3) is 0 Å².